The van der Waals surface area contributed by atoms with Crippen LogP contribution < -0.4 is 10.1 Å². The Balaban J connectivity index is 1.96. The summed E-state index contributed by atoms with van der Waals surface area (Å²) < 4.78 is 7.28. The highest BCUT2D eigenvalue weighted by Crippen LogP contribution is 2.29. The fraction of sp³-hybridized carbons (Fsp3) is 0.548. The minimum absolute atomic E-state index is 0.117. The number of amides is 1. The quantitative estimate of drug-likeness (QED) is 0.240. The van der Waals surface area contributed by atoms with Crippen molar-refractivity contribution in [2.75, 3.05) is 33.3 Å². The lowest BCUT2D eigenvalue weighted by Gasteiger charge is -2.24. The van der Waals surface area contributed by atoms with Crippen LogP contribution in [0.15, 0.2) is 42.6 Å². The van der Waals surface area contributed by atoms with Crippen LogP contribution in [0.25, 0.3) is 16.8 Å². The van der Waals surface area contributed by atoms with Gasteiger partial charge in [-0.25, -0.2) is 4.52 Å². The molecule has 0 spiro atoms. The third-order valence-electron chi connectivity index (χ3n) is 6.79. The average Bonchev–Trinajstić information content (AvgIpc) is 3.25. The molecular weight excluding hydrogens is 460 g/mol. The largest absolute Gasteiger partial charge is 0.497 e. The highest BCUT2D eigenvalue weighted by molar-refractivity contribution is 5.95. The molecule has 6 nitrogen and oxygen atoms in total. The van der Waals surface area contributed by atoms with Crippen molar-refractivity contribution in [2.45, 2.75) is 66.7 Å². The molecule has 37 heavy (non-hydrogen) atoms. The molecule has 0 saturated carbocycles. The van der Waals surface area contributed by atoms with Gasteiger partial charge in [-0.15, -0.1) is 0 Å². The first-order valence-electron chi connectivity index (χ1n) is 14.0. The van der Waals surface area contributed by atoms with E-state index in [0.717, 1.165) is 86.4 Å². The smallest absolute Gasteiger partial charge is 0.253 e. The first-order chi connectivity index (χ1) is 17.8. The summed E-state index contributed by atoms with van der Waals surface area (Å²) >= 11 is 0. The van der Waals surface area contributed by atoms with Gasteiger partial charge in [-0.2, -0.15) is 5.10 Å². The van der Waals surface area contributed by atoms with Gasteiger partial charge >= 0.3 is 0 Å². The van der Waals surface area contributed by atoms with Crippen LogP contribution in [0.2, 0.25) is 0 Å². The Bertz CT molecular complexity index is 1110. The minimum atomic E-state index is 0.117. The number of hydrogen-bond donors (Lipinski definition) is 1. The minimum Gasteiger partial charge on any atom is -0.497 e. The molecule has 3 aromatic rings. The number of rotatable bonds is 15. The lowest BCUT2D eigenvalue weighted by atomic mass is 10.0. The highest BCUT2D eigenvalue weighted by Gasteiger charge is 2.20. The Morgan fingerprint density at radius 1 is 1.03 bits per heavy atom. The average molecular weight is 507 g/mol. The van der Waals surface area contributed by atoms with Crippen molar-refractivity contribution in [1.82, 2.24) is 19.8 Å². The fourth-order valence-electron chi connectivity index (χ4n) is 4.47. The Morgan fingerprint density at radius 3 is 2.30 bits per heavy atom. The SMILES string of the molecule is CCCNCCCc1c(-c2ccc(OC)cc2)nn2ccc(C(=O)N(CCC(C)C)CCC(C)C)cc12. The molecule has 0 aliphatic carbocycles. The molecule has 0 saturated heterocycles. The zero-order chi connectivity index (χ0) is 26.8. The van der Waals surface area contributed by atoms with Crippen LogP contribution in [0, 0.1) is 11.8 Å². The van der Waals surface area contributed by atoms with Crippen molar-refractivity contribution >= 4 is 11.4 Å². The van der Waals surface area contributed by atoms with Crippen LogP contribution in [0.4, 0.5) is 0 Å². The topological polar surface area (TPSA) is 58.9 Å². The van der Waals surface area contributed by atoms with Gasteiger partial charge in [0.15, 0.2) is 0 Å². The molecule has 0 bridgehead atoms. The summed E-state index contributed by atoms with van der Waals surface area (Å²) in [6.45, 7) is 14.6. The van der Waals surface area contributed by atoms with E-state index < -0.39 is 0 Å². The van der Waals surface area contributed by atoms with Crippen LogP contribution in [-0.2, 0) is 6.42 Å². The maximum Gasteiger partial charge on any atom is 0.253 e. The molecule has 3 rings (SSSR count). The first-order valence-corrected chi connectivity index (χ1v) is 14.0. The Labute approximate surface area is 223 Å². The number of nitrogens with one attached hydrogen (secondary N) is 1. The summed E-state index contributed by atoms with van der Waals surface area (Å²) in [6.07, 6.45) is 6.99. The Hall–Kier alpha value is -2.86. The summed E-state index contributed by atoms with van der Waals surface area (Å²) in [5.41, 5.74) is 4.98. The van der Waals surface area contributed by atoms with Gasteiger partial charge in [0.25, 0.3) is 5.91 Å². The highest BCUT2D eigenvalue weighted by atomic mass is 16.5. The number of aromatic nitrogens is 2. The molecule has 0 aliphatic rings. The van der Waals surface area contributed by atoms with E-state index in [-0.39, 0.29) is 5.91 Å². The van der Waals surface area contributed by atoms with Gasteiger partial charge in [-0.05, 0) is 93.4 Å². The molecule has 2 heterocycles. The van der Waals surface area contributed by atoms with E-state index in [0.29, 0.717) is 11.8 Å². The number of ether oxygens (including phenoxy) is 1. The molecular formula is C31H46N4O2. The molecule has 202 valence electrons. The summed E-state index contributed by atoms with van der Waals surface area (Å²) in [7, 11) is 1.68. The first kappa shape index (κ1) is 28.7. The molecule has 0 fully saturated rings. The van der Waals surface area contributed by atoms with Gasteiger partial charge in [0.2, 0.25) is 0 Å². The van der Waals surface area contributed by atoms with Gasteiger partial charge in [0.05, 0.1) is 18.3 Å². The number of carbonyl (C=O) groups excluding carboxylic acids is 1. The fourth-order valence-corrected chi connectivity index (χ4v) is 4.47. The summed E-state index contributed by atoms with van der Waals surface area (Å²) in [5.74, 6) is 2.07. The van der Waals surface area contributed by atoms with Crippen LogP contribution in [0.1, 0.15) is 76.2 Å². The number of nitrogens with zero attached hydrogens (tertiary/aromatic N) is 3. The van der Waals surface area contributed by atoms with Crippen LogP contribution in [0.3, 0.4) is 0 Å². The van der Waals surface area contributed by atoms with Crippen molar-refractivity contribution in [1.29, 1.82) is 0 Å². The van der Waals surface area contributed by atoms with E-state index in [1.165, 1.54) is 5.56 Å². The van der Waals surface area contributed by atoms with E-state index in [2.05, 4.69) is 58.1 Å². The summed E-state index contributed by atoms with van der Waals surface area (Å²) in [4.78, 5) is 15.7. The zero-order valence-corrected chi connectivity index (χ0v) is 23.7. The van der Waals surface area contributed by atoms with Gasteiger partial charge in [0.1, 0.15) is 5.75 Å². The Morgan fingerprint density at radius 2 is 1.70 bits per heavy atom. The number of pyridine rings is 1. The molecule has 1 aromatic carbocycles. The normalized spacial score (nSPS) is 11.6. The molecule has 1 amide bonds. The number of methoxy groups -OCH3 is 1. The summed E-state index contributed by atoms with van der Waals surface area (Å²) in [6, 6.07) is 12.0. The van der Waals surface area contributed by atoms with E-state index in [9.17, 15) is 4.79 Å². The molecule has 6 heteroatoms. The lowest BCUT2D eigenvalue weighted by Crippen LogP contribution is -2.34. The van der Waals surface area contributed by atoms with E-state index in [1.807, 2.05) is 33.8 Å². The molecule has 0 aliphatic heterocycles. The van der Waals surface area contributed by atoms with Crippen molar-refractivity contribution in [3.05, 3.63) is 53.7 Å². The number of fused-ring (bicyclic) bond motifs is 1. The number of aryl methyl sites for hydroxylation is 1. The van der Waals surface area contributed by atoms with Crippen LogP contribution >= 0.6 is 0 Å². The number of carbonyl (C=O) groups is 1. The predicted molar refractivity (Wildman–Crippen MR) is 153 cm³/mol. The third-order valence-corrected chi connectivity index (χ3v) is 6.79. The predicted octanol–water partition coefficient (Wildman–Crippen LogP) is 6.48. The van der Waals surface area contributed by atoms with Gasteiger partial charge in [0, 0.05) is 36.0 Å². The standard InChI is InChI=1S/C31H46N4O2/c1-7-17-32-18-8-9-28-29-22-26(31(36)34(19-14-23(2)3)20-15-24(4)5)16-21-35(29)33-30(28)25-10-12-27(37-6)13-11-25/h10-13,16,21-24,32H,7-9,14-15,17-20H2,1-6H3. The van der Waals surface area contributed by atoms with Gasteiger partial charge in [-0.1, -0.05) is 34.6 Å². The molecule has 0 atom stereocenters. The zero-order valence-electron chi connectivity index (χ0n) is 23.7. The lowest BCUT2D eigenvalue weighted by molar-refractivity contribution is 0.0741. The van der Waals surface area contributed by atoms with Crippen molar-refractivity contribution in [2.24, 2.45) is 11.8 Å². The van der Waals surface area contributed by atoms with Crippen LogP contribution in [-0.4, -0.2) is 53.7 Å². The second-order valence-electron chi connectivity index (χ2n) is 10.8. The molecule has 1 N–H and O–H groups in total. The summed E-state index contributed by atoms with van der Waals surface area (Å²) in [5, 5.41) is 8.45. The van der Waals surface area contributed by atoms with Gasteiger partial charge in [-0.3, -0.25) is 4.79 Å². The molecule has 0 radical (unpaired) electrons. The van der Waals surface area contributed by atoms with Crippen molar-refractivity contribution in [3.63, 3.8) is 0 Å². The van der Waals surface area contributed by atoms with E-state index in [4.69, 9.17) is 9.84 Å². The second-order valence-corrected chi connectivity index (χ2v) is 10.8. The molecule has 0 unspecified atom stereocenters. The van der Waals surface area contributed by atoms with E-state index in [1.54, 1.807) is 7.11 Å². The van der Waals surface area contributed by atoms with Crippen molar-refractivity contribution < 1.29 is 9.53 Å². The monoisotopic (exact) mass is 506 g/mol. The van der Waals surface area contributed by atoms with Crippen LogP contribution in [0.5, 0.6) is 5.75 Å². The Kier molecular flexibility index (Phi) is 11.0. The number of hydrogen-bond acceptors (Lipinski definition) is 4. The van der Waals surface area contributed by atoms with Crippen molar-refractivity contribution in [3.8, 4) is 17.0 Å². The molecule has 2 aromatic heterocycles. The second kappa shape index (κ2) is 14.2. The van der Waals surface area contributed by atoms with E-state index >= 15 is 0 Å². The third kappa shape index (κ3) is 8.06. The maximum atomic E-state index is 13.7. The van der Waals surface area contributed by atoms with Gasteiger partial charge < -0.3 is 15.0 Å². The maximum absolute atomic E-state index is 13.7. The number of benzene rings is 1.